The van der Waals surface area contributed by atoms with Gasteiger partial charge in [0.15, 0.2) is 5.52 Å². The summed E-state index contributed by atoms with van der Waals surface area (Å²) in [7, 11) is -3.98. The van der Waals surface area contributed by atoms with E-state index in [0.29, 0.717) is 12.1 Å². The maximum Gasteiger partial charge on any atom is 0.266 e. The number of rotatable bonds is 5. The zero-order chi connectivity index (χ0) is 18.1. The molecule has 0 bridgehead atoms. The van der Waals surface area contributed by atoms with E-state index >= 15 is 0 Å². The normalized spacial score (nSPS) is 11.7. The van der Waals surface area contributed by atoms with E-state index in [9.17, 15) is 12.8 Å². The minimum atomic E-state index is -3.98. The molecule has 0 aliphatic carbocycles. The molecule has 0 atom stereocenters. The van der Waals surface area contributed by atoms with Gasteiger partial charge < -0.3 is 0 Å². The Balaban J connectivity index is 1.56. The molecular formula is C15H11FN6O3S. The number of nitrogens with one attached hydrogen (secondary N) is 1. The second kappa shape index (κ2) is 6.19. The van der Waals surface area contributed by atoms with Crippen molar-refractivity contribution >= 4 is 27.0 Å². The summed E-state index contributed by atoms with van der Waals surface area (Å²) in [6, 6.07) is 10.4. The molecule has 0 saturated carbocycles. The lowest BCUT2D eigenvalue weighted by atomic mass is 10.2. The fraction of sp³-hybridized carbons (Fsp3) is 0.0667. The smallest absolute Gasteiger partial charge is 0.246 e. The van der Waals surface area contributed by atoms with E-state index in [1.807, 2.05) is 0 Å². The van der Waals surface area contributed by atoms with Crippen molar-refractivity contribution in [3.8, 4) is 0 Å². The minimum Gasteiger partial charge on any atom is -0.246 e. The lowest BCUT2D eigenvalue weighted by Crippen LogP contribution is -2.15. The zero-order valence-corrected chi connectivity index (χ0v) is 13.9. The monoisotopic (exact) mass is 374 g/mol. The van der Waals surface area contributed by atoms with Crippen molar-refractivity contribution in [3.05, 3.63) is 60.2 Å². The zero-order valence-electron chi connectivity index (χ0n) is 13.1. The summed E-state index contributed by atoms with van der Waals surface area (Å²) >= 11 is 0. The molecule has 2 aromatic carbocycles. The number of sulfonamides is 1. The standard InChI is InChI=1S/C15H11FN6O3S/c16-11-6-4-10(5-7-11)8-22-9-17-15(18-22)21-26(23,24)13-3-1-2-12-14(13)20-25-19-12/h1-7,9H,8H2,(H,18,21). The van der Waals surface area contributed by atoms with Gasteiger partial charge in [-0.2, -0.15) is 4.98 Å². The highest BCUT2D eigenvalue weighted by molar-refractivity contribution is 7.93. The lowest BCUT2D eigenvalue weighted by molar-refractivity contribution is 0.315. The second-order valence-corrected chi connectivity index (χ2v) is 7.04. The van der Waals surface area contributed by atoms with Crippen LogP contribution in [-0.4, -0.2) is 33.5 Å². The predicted octanol–water partition coefficient (Wildman–Crippen LogP) is 1.80. The van der Waals surface area contributed by atoms with Crippen LogP contribution in [0.1, 0.15) is 5.56 Å². The van der Waals surface area contributed by atoms with Crippen LogP contribution in [0.4, 0.5) is 10.3 Å². The molecule has 0 unspecified atom stereocenters. The van der Waals surface area contributed by atoms with Gasteiger partial charge in [-0.15, -0.1) is 5.10 Å². The van der Waals surface area contributed by atoms with E-state index in [1.165, 1.54) is 35.3 Å². The van der Waals surface area contributed by atoms with E-state index in [1.54, 1.807) is 18.2 Å². The van der Waals surface area contributed by atoms with Gasteiger partial charge in [-0.1, -0.05) is 18.2 Å². The Hall–Kier alpha value is -3.34. The molecule has 0 aliphatic heterocycles. The fourth-order valence-corrected chi connectivity index (χ4v) is 3.47. The van der Waals surface area contributed by atoms with Crippen molar-refractivity contribution in [2.45, 2.75) is 11.4 Å². The van der Waals surface area contributed by atoms with Crippen molar-refractivity contribution < 1.29 is 17.4 Å². The highest BCUT2D eigenvalue weighted by Gasteiger charge is 2.22. The predicted molar refractivity (Wildman–Crippen MR) is 88.1 cm³/mol. The quantitative estimate of drug-likeness (QED) is 0.566. The number of hydrogen-bond acceptors (Lipinski definition) is 7. The molecule has 11 heteroatoms. The van der Waals surface area contributed by atoms with Crippen molar-refractivity contribution in [1.82, 2.24) is 25.1 Å². The van der Waals surface area contributed by atoms with Gasteiger partial charge in [-0.3, -0.25) is 0 Å². The number of halogens is 1. The molecule has 0 radical (unpaired) electrons. The summed E-state index contributed by atoms with van der Waals surface area (Å²) in [6.07, 6.45) is 1.37. The van der Waals surface area contributed by atoms with Gasteiger partial charge >= 0.3 is 0 Å². The summed E-state index contributed by atoms with van der Waals surface area (Å²) in [5.74, 6) is -0.433. The van der Waals surface area contributed by atoms with Gasteiger partial charge in [0.25, 0.3) is 16.0 Å². The highest BCUT2D eigenvalue weighted by Crippen LogP contribution is 2.21. The Morgan fingerprint density at radius 2 is 1.92 bits per heavy atom. The minimum absolute atomic E-state index is 0.0915. The molecule has 2 aromatic heterocycles. The third-order valence-corrected chi connectivity index (χ3v) is 4.92. The van der Waals surface area contributed by atoms with E-state index < -0.39 is 10.0 Å². The van der Waals surface area contributed by atoms with Crippen molar-refractivity contribution in [1.29, 1.82) is 0 Å². The van der Waals surface area contributed by atoms with Crippen LogP contribution in [0.2, 0.25) is 0 Å². The summed E-state index contributed by atoms with van der Waals surface area (Å²) in [5.41, 5.74) is 1.23. The lowest BCUT2D eigenvalue weighted by Gasteiger charge is -2.04. The topological polar surface area (TPSA) is 116 Å². The van der Waals surface area contributed by atoms with Crippen LogP contribution in [0.25, 0.3) is 11.0 Å². The highest BCUT2D eigenvalue weighted by atomic mass is 32.2. The number of anilines is 1. The number of hydrogen-bond donors (Lipinski definition) is 1. The first kappa shape index (κ1) is 16.1. The second-order valence-electron chi connectivity index (χ2n) is 5.39. The SMILES string of the molecule is O=S(=O)(Nc1ncn(Cc2ccc(F)cc2)n1)c1cccc2nonc12. The van der Waals surface area contributed by atoms with E-state index in [2.05, 4.69) is 29.7 Å². The average molecular weight is 374 g/mol. The Morgan fingerprint density at radius 1 is 1.12 bits per heavy atom. The molecule has 2 heterocycles. The molecule has 4 aromatic rings. The van der Waals surface area contributed by atoms with Gasteiger partial charge in [-0.25, -0.2) is 26.8 Å². The van der Waals surface area contributed by atoms with Crippen molar-refractivity contribution in [2.24, 2.45) is 0 Å². The first-order valence-corrected chi connectivity index (χ1v) is 8.87. The van der Waals surface area contributed by atoms with Gasteiger partial charge in [0, 0.05) is 0 Å². The van der Waals surface area contributed by atoms with E-state index in [-0.39, 0.29) is 22.2 Å². The number of aromatic nitrogens is 5. The van der Waals surface area contributed by atoms with Gasteiger partial charge in [0.2, 0.25) is 0 Å². The molecule has 26 heavy (non-hydrogen) atoms. The molecule has 1 N–H and O–H groups in total. The van der Waals surface area contributed by atoms with Crippen LogP contribution in [0.15, 0.2) is 58.3 Å². The van der Waals surface area contributed by atoms with Crippen LogP contribution in [-0.2, 0) is 16.6 Å². The number of benzene rings is 2. The molecule has 4 rings (SSSR count). The average Bonchev–Trinajstić information content (AvgIpc) is 3.25. The Morgan fingerprint density at radius 3 is 2.73 bits per heavy atom. The molecule has 9 nitrogen and oxygen atoms in total. The first-order valence-electron chi connectivity index (χ1n) is 7.39. The van der Waals surface area contributed by atoms with Gasteiger partial charge in [0.1, 0.15) is 22.6 Å². The maximum atomic E-state index is 12.9. The third kappa shape index (κ3) is 3.11. The van der Waals surface area contributed by atoms with Crippen LogP contribution in [0.5, 0.6) is 0 Å². The largest absolute Gasteiger partial charge is 0.266 e. The third-order valence-electron chi connectivity index (χ3n) is 3.56. The Kier molecular flexibility index (Phi) is 3.84. The van der Waals surface area contributed by atoms with E-state index in [4.69, 9.17) is 0 Å². The fourth-order valence-electron chi connectivity index (χ4n) is 2.37. The van der Waals surface area contributed by atoms with Crippen LogP contribution < -0.4 is 4.72 Å². The number of nitrogens with zero attached hydrogens (tertiary/aromatic N) is 5. The number of fused-ring (bicyclic) bond motifs is 1. The Labute approximate surface area is 146 Å². The summed E-state index contributed by atoms with van der Waals surface area (Å²) in [4.78, 5) is 3.84. The van der Waals surface area contributed by atoms with Gasteiger partial charge in [0.05, 0.1) is 6.54 Å². The van der Waals surface area contributed by atoms with Crippen LogP contribution >= 0.6 is 0 Å². The summed E-state index contributed by atoms with van der Waals surface area (Å²) in [5, 5.41) is 11.3. The van der Waals surface area contributed by atoms with Crippen LogP contribution in [0.3, 0.4) is 0 Å². The molecular weight excluding hydrogens is 363 g/mol. The molecule has 132 valence electrons. The summed E-state index contributed by atoms with van der Waals surface area (Å²) in [6.45, 7) is 0.317. The molecule has 0 spiro atoms. The van der Waals surface area contributed by atoms with E-state index in [0.717, 1.165) is 5.56 Å². The maximum absolute atomic E-state index is 12.9. The molecule has 0 saturated heterocycles. The van der Waals surface area contributed by atoms with Crippen molar-refractivity contribution in [2.75, 3.05) is 4.72 Å². The van der Waals surface area contributed by atoms with Crippen molar-refractivity contribution in [3.63, 3.8) is 0 Å². The van der Waals surface area contributed by atoms with Gasteiger partial charge in [-0.05, 0) is 40.1 Å². The Bertz CT molecular complexity index is 1170. The molecule has 0 amide bonds. The molecule has 0 aliphatic rings. The molecule has 0 fully saturated rings. The summed E-state index contributed by atoms with van der Waals surface area (Å²) < 4.78 is 46.4. The van der Waals surface area contributed by atoms with Crippen LogP contribution in [0, 0.1) is 5.82 Å². The first-order chi connectivity index (χ1) is 12.5.